The van der Waals surface area contributed by atoms with E-state index in [9.17, 15) is 0 Å². The van der Waals surface area contributed by atoms with Crippen LogP contribution in [0.2, 0.25) is 0 Å². The number of aryl methyl sites for hydroxylation is 1. The van der Waals surface area contributed by atoms with Gasteiger partial charge < -0.3 is 10.1 Å². The van der Waals surface area contributed by atoms with Crippen LogP contribution in [0.5, 0.6) is 0 Å². The van der Waals surface area contributed by atoms with Crippen LogP contribution in [0.3, 0.4) is 0 Å². The number of ether oxygens (including phenoxy) is 1. The molecule has 0 fully saturated rings. The van der Waals surface area contributed by atoms with Crippen molar-refractivity contribution in [2.75, 3.05) is 13.7 Å². The number of para-hydroxylation sites is 1. The topological polar surface area (TPSA) is 63.5 Å². The molecule has 0 saturated heterocycles. The summed E-state index contributed by atoms with van der Waals surface area (Å²) in [5.41, 5.74) is 6.75. The normalized spacial score (nSPS) is 12.3. The summed E-state index contributed by atoms with van der Waals surface area (Å²) in [6.45, 7) is 6.55. The maximum atomic E-state index is 5.19. The van der Waals surface area contributed by atoms with Gasteiger partial charge in [-0.2, -0.15) is 10.2 Å². The standard InChI is InChI=1S/C17H23N5OS/c1-12(11-23-4)19-17(24)20-18-10-16-13(2)21-22(14(16)3)15-8-6-5-7-9-15/h5-10,12H,11H2,1-4H3,(H2,19,20,24)/b18-10-/t12-/m1/s1. The van der Waals surface area contributed by atoms with Crippen molar-refractivity contribution in [2.45, 2.75) is 26.8 Å². The van der Waals surface area contributed by atoms with Gasteiger partial charge >= 0.3 is 0 Å². The summed E-state index contributed by atoms with van der Waals surface area (Å²) >= 11 is 5.19. The first kappa shape index (κ1) is 18.1. The lowest BCUT2D eigenvalue weighted by atomic mass is 10.2. The van der Waals surface area contributed by atoms with Crippen molar-refractivity contribution >= 4 is 23.5 Å². The van der Waals surface area contributed by atoms with Crippen molar-refractivity contribution in [1.82, 2.24) is 20.5 Å². The molecule has 1 heterocycles. The highest BCUT2D eigenvalue weighted by Crippen LogP contribution is 2.15. The first-order valence-electron chi connectivity index (χ1n) is 7.73. The molecule has 1 aromatic carbocycles. The van der Waals surface area contributed by atoms with Gasteiger partial charge in [0.1, 0.15) is 0 Å². The van der Waals surface area contributed by atoms with Gasteiger partial charge in [-0.05, 0) is 45.1 Å². The van der Waals surface area contributed by atoms with E-state index >= 15 is 0 Å². The zero-order chi connectivity index (χ0) is 17.5. The molecule has 2 aromatic rings. The molecular formula is C17H23N5OS. The fraction of sp³-hybridized carbons (Fsp3) is 0.353. The van der Waals surface area contributed by atoms with Crippen LogP contribution in [0, 0.1) is 13.8 Å². The summed E-state index contributed by atoms with van der Waals surface area (Å²) in [5, 5.41) is 12.3. The van der Waals surface area contributed by atoms with Gasteiger partial charge in [0.25, 0.3) is 0 Å². The molecule has 0 radical (unpaired) electrons. The number of aromatic nitrogens is 2. The molecule has 0 aliphatic carbocycles. The highest BCUT2D eigenvalue weighted by atomic mass is 32.1. The van der Waals surface area contributed by atoms with Gasteiger partial charge in [-0.1, -0.05) is 18.2 Å². The first-order valence-corrected chi connectivity index (χ1v) is 8.14. The minimum atomic E-state index is 0.120. The molecule has 2 rings (SSSR count). The van der Waals surface area contributed by atoms with Crippen LogP contribution in [0.25, 0.3) is 5.69 Å². The van der Waals surface area contributed by atoms with Crippen LogP contribution in [0.1, 0.15) is 23.9 Å². The van der Waals surface area contributed by atoms with Crippen LogP contribution in [-0.4, -0.2) is 40.9 Å². The molecule has 1 aromatic heterocycles. The SMILES string of the molecule is COC[C@@H](C)NC(=S)N/N=C\c1c(C)nn(-c2ccccc2)c1C. The van der Waals surface area contributed by atoms with E-state index in [1.807, 2.05) is 55.8 Å². The second kappa shape index (κ2) is 8.56. The minimum Gasteiger partial charge on any atom is -0.383 e. The van der Waals surface area contributed by atoms with Gasteiger partial charge in [-0.15, -0.1) is 0 Å². The quantitative estimate of drug-likeness (QED) is 0.478. The van der Waals surface area contributed by atoms with Crippen molar-refractivity contribution < 1.29 is 4.74 Å². The zero-order valence-corrected chi connectivity index (χ0v) is 15.2. The molecule has 0 bridgehead atoms. The van der Waals surface area contributed by atoms with Crippen molar-refractivity contribution in [3.63, 3.8) is 0 Å². The Bertz CT molecular complexity index is 711. The Kier molecular flexibility index (Phi) is 6.45. The summed E-state index contributed by atoms with van der Waals surface area (Å²) in [6, 6.07) is 10.1. The molecule has 128 valence electrons. The minimum absolute atomic E-state index is 0.120. The van der Waals surface area contributed by atoms with Crippen molar-refractivity contribution in [3.05, 3.63) is 47.3 Å². The fourth-order valence-electron chi connectivity index (χ4n) is 2.37. The predicted octanol–water partition coefficient (Wildman–Crippen LogP) is 2.32. The second-order valence-corrected chi connectivity index (χ2v) is 5.94. The number of hydrogen-bond acceptors (Lipinski definition) is 4. The molecular weight excluding hydrogens is 322 g/mol. The van der Waals surface area contributed by atoms with Crippen molar-refractivity contribution in [2.24, 2.45) is 5.10 Å². The molecule has 1 atom stereocenters. The van der Waals surface area contributed by atoms with E-state index in [-0.39, 0.29) is 6.04 Å². The monoisotopic (exact) mass is 345 g/mol. The Labute approximate surface area is 147 Å². The van der Waals surface area contributed by atoms with Crippen LogP contribution in [-0.2, 0) is 4.74 Å². The van der Waals surface area contributed by atoms with E-state index < -0.39 is 0 Å². The van der Waals surface area contributed by atoms with Crippen LogP contribution >= 0.6 is 12.2 Å². The lowest BCUT2D eigenvalue weighted by Crippen LogP contribution is -2.40. The third-order valence-electron chi connectivity index (χ3n) is 3.50. The number of methoxy groups -OCH3 is 1. The maximum Gasteiger partial charge on any atom is 0.187 e. The molecule has 0 unspecified atom stereocenters. The average Bonchev–Trinajstić information content (AvgIpc) is 2.84. The fourth-order valence-corrected chi connectivity index (χ4v) is 2.62. The Morgan fingerprint density at radius 1 is 1.38 bits per heavy atom. The number of hydrogen-bond donors (Lipinski definition) is 2. The molecule has 0 aliphatic heterocycles. The Hall–Kier alpha value is -2.25. The lowest BCUT2D eigenvalue weighted by Gasteiger charge is -2.13. The number of hydrazone groups is 1. The van der Waals surface area contributed by atoms with Gasteiger partial charge in [0, 0.05) is 18.7 Å². The van der Waals surface area contributed by atoms with Crippen LogP contribution in [0.15, 0.2) is 35.4 Å². The Balaban J connectivity index is 2.05. The summed E-state index contributed by atoms with van der Waals surface area (Å²) in [6.07, 6.45) is 1.74. The van der Waals surface area contributed by atoms with E-state index in [2.05, 4.69) is 20.9 Å². The third kappa shape index (κ3) is 4.62. The van der Waals surface area contributed by atoms with E-state index in [0.29, 0.717) is 11.7 Å². The van der Waals surface area contributed by atoms with Crippen molar-refractivity contribution in [1.29, 1.82) is 0 Å². The molecule has 0 spiro atoms. The number of nitrogens with zero attached hydrogens (tertiary/aromatic N) is 3. The molecule has 2 N–H and O–H groups in total. The summed E-state index contributed by atoms with van der Waals surface area (Å²) < 4.78 is 6.97. The van der Waals surface area contributed by atoms with Gasteiger partial charge in [0.05, 0.1) is 29.9 Å². The van der Waals surface area contributed by atoms with Gasteiger partial charge in [-0.3, -0.25) is 5.43 Å². The number of nitrogens with one attached hydrogen (secondary N) is 2. The van der Waals surface area contributed by atoms with E-state index in [1.54, 1.807) is 13.3 Å². The Morgan fingerprint density at radius 3 is 2.75 bits per heavy atom. The zero-order valence-electron chi connectivity index (χ0n) is 14.4. The summed E-state index contributed by atoms with van der Waals surface area (Å²) in [5.74, 6) is 0. The first-order chi connectivity index (χ1) is 11.5. The number of benzene rings is 1. The van der Waals surface area contributed by atoms with Gasteiger partial charge in [0.15, 0.2) is 5.11 Å². The maximum absolute atomic E-state index is 5.19. The summed E-state index contributed by atoms with van der Waals surface area (Å²) in [4.78, 5) is 0. The van der Waals surface area contributed by atoms with E-state index in [1.165, 1.54) is 0 Å². The predicted molar refractivity (Wildman–Crippen MR) is 101 cm³/mol. The summed E-state index contributed by atoms with van der Waals surface area (Å²) in [7, 11) is 1.66. The number of rotatable bonds is 6. The molecule has 0 saturated carbocycles. The molecule has 0 aliphatic rings. The van der Waals surface area contributed by atoms with Crippen LogP contribution < -0.4 is 10.7 Å². The largest absolute Gasteiger partial charge is 0.383 e. The second-order valence-electron chi connectivity index (χ2n) is 5.53. The lowest BCUT2D eigenvalue weighted by molar-refractivity contribution is 0.179. The van der Waals surface area contributed by atoms with Crippen molar-refractivity contribution in [3.8, 4) is 5.69 Å². The van der Waals surface area contributed by atoms with Gasteiger partial charge in [0.2, 0.25) is 0 Å². The van der Waals surface area contributed by atoms with Crippen LogP contribution in [0.4, 0.5) is 0 Å². The Morgan fingerprint density at radius 2 is 2.08 bits per heavy atom. The van der Waals surface area contributed by atoms with E-state index in [0.717, 1.165) is 22.6 Å². The number of thiocarbonyl (C=S) groups is 1. The smallest absolute Gasteiger partial charge is 0.187 e. The third-order valence-corrected chi connectivity index (χ3v) is 3.71. The van der Waals surface area contributed by atoms with Gasteiger partial charge in [-0.25, -0.2) is 4.68 Å². The van der Waals surface area contributed by atoms with E-state index in [4.69, 9.17) is 17.0 Å². The molecule has 24 heavy (non-hydrogen) atoms. The molecule has 7 heteroatoms. The molecule has 0 amide bonds. The average molecular weight is 345 g/mol. The molecule has 6 nitrogen and oxygen atoms in total. The highest BCUT2D eigenvalue weighted by Gasteiger charge is 2.11. The highest BCUT2D eigenvalue weighted by molar-refractivity contribution is 7.80.